The zero-order chi connectivity index (χ0) is 13.9. The Morgan fingerprint density at radius 2 is 2.06 bits per heavy atom. The summed E-state index contributed by atoms with van der Waals surface area (Å²) in [6, 6.07) is 3.86. The van der Waals surface area contributed by atoms with Crippen LogP contribution >= 0.6 is 0 Å². The number of hydrogen-bond acceptors (Lipinski definition) is 2. The number of rotatable bonds is 4. The van der Waals surface area contributed by atoms with Crippen molar-refractivity contribution in [2.75, 3.05) is 6.61 Å². The van der Waals surface area contributed by atoms with E-state index in [0.29, 0.717) is 0 Å². The van der Waals surface area contributed by atoms with E-state index in [1.54, 1.807) is 0 Å². The van der Waals surface area contributed by atoms with Gasteiger partial charge < -0.3 is 9.84 Å². The first-order chi connectivity index (χ1) is 8.23. The fraction of sp³-hybridized carbons (Fsp3) is 0.250. The molecular weight excluding hydrogens is 249 g/mol. The van der Waals surface area contributed by atoms with Gasteiger partial charge in [-0.15, -0.1) is 0 Å². The normalized spacial score (nSPS) is 11.1. The lowest BCUT2D eigenvalue weighted by Crippen LogP contribution is -2.14. The highest BCUT2D eigenvalue weighted by Gasteiger charge is 2.36. The fourth-order valence-electron chi connectivity index (χ4n) is 1.35. The lowest BCUT2D eigenvalue weighted by Gasteiger charge is -2.16. The van der Waals surface area contributed by atoms with E-state index in [-0.39, 0.29) is 11.1 Å². The molecule has 0 bridgehead atoms. The summed E-state index contributed by atoms with van der Waals surface area (Å²) in [5.74, 6) is -1.71. The smallest absolute Gasteiger partial charge is 0.420 e. The Morgan fingerprint density at radius 3 is 2.56 bits per heavy atom. The zero-order valence-corrected chi connectivity index (χ0v) is 9.54. The Bertz CT molecular complexity index is 478. The second kappa shape index (κ2) is 5.12. The Balaban J connectivity index is 3.00. The molecule has 18 heavy (non-hydrogen) atoms. The number of halogens is 3. The van der Waals surface area contributed by atoms with Crippen LogP contribution in [-0.2, 0) is 11.0 Å². The van der Waals surface area contributed by atoms with E-state index in [9.17, 15) is 18.0 Å². The molecule has 1 aromatic rings. The second-order valence-electron chi connectivity index (χ2n) is 3.64. The van der Waals surface area contributed by atoms with Crippen LogP contribution in [0.5, 0.6) is 5.75 Å². The number of carbonyl (C=O) groups is 1. The highest BCUT2D eigenvalue weighted by molar-refractivity contribution is 5.86. The number of carboxylic acid groups (broad SMARTS) is 1. The topological polar surface area (TPSA) is 46.5 Å². The van der Waals surface area contributed by atoms with Gasteiger partial charge >= 0.3 is 12.1 Å². The molecular formula is C12H11F3O3. The molecule has 0 amide bonds. The van der Waals surface area contributed by atoms with Crippen molar-refractivity contribution in [2.45, 2.75) is 13.1 Å². The number of hydrogen-bond donors (Lipinski definition) is 1. The first-order valence-electron chi connectivity index (χ1n) is 4.94. The largest absolute Gasteiger partial charge is 0.488 e. The third-order valence-electron chi connectivity index (χ3n) is 2.22. The van der Waals surface area contributed by atoms with E-state index in [2.05, 4.69) is 6.58 Å². The Hall–Kier alpha value is -1.98. The number of ether oxygens (including phenoxy) is 1. The third kappa shape index (κ3) is 3.26. The van der Waals surface area contributed by atoms with Crippen molar-refractivity contribution >= 4 is 5.97 Å². The molecule has 1 N–H and O–H groups in total. The molecule has 0 saturated carbocycles. The highest BCUT2D eigenvalue weighted by atomic mass is 19.4. The summed E-state index contributed by atoms with van der Waals surface area (Å²) in [4.78, 5) is 10.5. The number of benzene rings is 1. The first-order valence-corrected chi connectivity index (χ1v) is 4.94. The molecule has 1 aromatic carbocycles. The summed E-state index contributed by atoms with van der Waals surface area (Å²) in [5, 5.41) is 8.54. The van der Waals surface area contributed by atoms with Crippen LogP contribution in [0.3, 0.4) is 0 Å². The van der Waals surface area contributed by atoms with Gasteiger partial charge in [0, 0.05) is 0 Å². The molecule has 0 atom stereocenters. The summed E-state index contributed by atoms with van der Waals surface area (Å²) >= 11 is 0. The Morgan fingerprint density at radius 1 is 1.44 bits per heavy atom. The van der Waals surface area contributed by atoms with Crippen molar-refractivity contribution in [1.82, 2.24) is 0 Å². The van der Waals surface area contributed by atoms with E-state index >= 15 is 0 Å². The molecule has 0 unspecified atom stereocenters. The Labute approximate surface area is 101 Å². The monoisotopic (exact) mass is 260 g/mol. The summed E-state index contributed by atoms with van der Waals surface area (Å²) in [6.45, 7) is 3.99. The minimum atomic E-state index is -4.55. The first kappa shape index (κ1) is 14.1. The molecule has 0 radical (unpaired) electrons. The van der Waals surface area contributed by atoms with Gasteiger partial charge in [-0.25, -0.2) is 4.79 Å². The fourth-order valence-corrected chi connectivity index (χ4v) is 1.35. The van der Waals surface area contributed by atoms with Gasteiger partial charge in [0.1, 0.15) is 17.9 Å². The van der Waals surface area contributed by atoms with E-state index in [4.69, 9.17) is 9.84 Å². The molecule has 0 saturated heterocycles. The van der Waals surface area contributed by atoms with Gasteiger partial charge in [0.2, 0.25) is 0 Å². The SMILES string of the molecule is C=C(COc1cccc(C)c1C(F)(F)F)C(=O)O. The van der Waals surface area contributed by atoms with Crippen LogP contribution in [0.2, 0.25) is 0 Å². The number of alkyl halides is 3. The molecule has 0 aromatic heterocycles. The Kier molecular flexibility index (Phi) is 4.00. The van der Waals surface area contributed by atoms with E-state index in [1.165, 1.54) is 19.1 Å². The van der Waals surface area contributed by atoms with Gasteiger partial charge in [0.15, 0.2) is 0 Å². The van der Waals surface area contributed by atoms with Crippen molar-refractivity contribution in [3.8, 4) is 5.75 Å². The van der Waals surface area contributed by atoms with Gasteiger partial charge in [-0.2, -0.15) is 13.2 Å². The van der Waals surface area contributed by atoms with Crippen LogP contribution in [0, 0.1) is 6.92 Å². The molecule has 0 heterocycles. The van der Waals surface area contributed by atoms with Gasteiger partial charge in [0.05, 0.1) is 5.57 Å². The van der Waals surface area contributed by atoms with Crippen LogP contribution in [0.15, 0.2) is 30.4 Å². The number of aryl methyl sites for hydroxylation is 1. The molecule has 0 aliphatic rings. The lowest BCUT2D eigenvalue weighted by atomic mass is 10.1. The van der Waals surface area contributed by atoms with Crippen LogP contribution in [0.25, 0.3) is 0 Å². The molecule has 3 nitrogen and oxygen atoms in total. The average molecular weight is 260 g/mol. The highest BCUT2D eigenvalue weighted by Crippen LogP contribution is 2.38. The predicted molar refractivity (Wildman–Crippen MR) is 58.5 cm³/mol. The standard InChI is InChI=1S/C12H11F3O3/c1-7-4-3-5-9(10(7)12(13,14)15)18-6-8(2)11(16)17/h3-5H,2,6H2,1H3,(H,16,17). The van der Waals surface area contributed by atoms with Gasteiger partial charge in [-0.3, -0.25) is 0 Å². The molecule has 0 aliphatic heterocycles. The van der Waals surface area contributed by atoms with Gasteiger partial charge in [-0.05, 0) is 18.6 Å². The zero-order valence-electron chi connectivity index (χ0n) is 9.54. The van der Waals surface area contributed by atoms with Crippen LogP contribution < -0.4 is 4.74 Å². The predicted octanol–water partition coefficient (Wildman–Crippen LogP) is 3.03. The molecule has 0 aliphatic carbocycles. The molecule has 1 rings (SSSR count). The lowest BCUT2D eigenvalue weighted by molar-refractivity contribution is -0.139. The number of carboxylic acids is 1. The second-order valence-corrected chi connectivity index (χ2v) is 3.64. The van der Waals surface area contributed by atoms with E-state index in [1.807, 2.05) is 0 Å². The van der Waals surface area contributed by atoms with E-state index in [0.717, 1.165) is 6.07 Å². The molecule has 0 spiro atoms. The molecule has 98 valence electrons. The van der Waals surface area contributed by atoms with Crippen LogP contribution in [0.1, 0.15) is 11.1 Å². The van der Waals surface area contributed by atoms with Crippen molar-refractivity contribution in [3.63, 3.8) is 0 Å². The maximum absolute atomic E-state index is 12.8. The van der Waals surface area contributed by atoms with Gasteiger partial charge in [0.25, 0.3) is 0 Å². The summed E-state index contributed by atoms with van der Waals surface area (Å²) < 4.78 is 43.2. The summed E-state index contributed by atoms with van der Waals surface area (Å²) in [6.07, 6.45) is -4.55. The minimum absolute atomic E-state index is 0.0148. The maximum atomic E-state index is 12.8. The quantitative estimate of drug-likeness (QED) is 0.846. The van der Waals surface area contributed by atoms with E-state index < -0.39 is 30.1 Å². The van der Waals surface area contributed by atoms with Crippen molar-refractivity contribution in [2.24, 2.45) is 0 Å². The van der Waals surface area contributed by atoms with Crippen LogP contribution in [0.4, 0.5) is 13.2 Å². The average Bonchev–Trinajstić information content (AvgIpc) is 2.23. The van der Waals surface area contributed by atoms with Crippen molar-refractivity contribution in [3.05, 3.63) is 41.5 Å². The minimum Gasteiger partial charge on any atom is -0.488 e. The maximum Gasteiger partial charge on any atom is 0.420 e. The summed E-state index contributed by atoms with van der Waals surface area (Å²) in [5.41, 5.74) is -1.20. The van der Waals surface area contributed by atoms with Crippen molar-refractivity contribution in [1.29, 1.82) is 0 Å². The molecule has 0 fully saturated rings. The summed E-state index contributed by atoms with van der Waals surface area (Å²) in [7, 11) is 0. The molecule has 6 heteroatoms. The van der Waals surface area contributed by atoms with Crippen LogP contribution in [-0.4, -0.2) is 17.7 Å². The third-order valence-corrected chi connectivity index (χ3v) is 2.22. The van der Waals surface area contributed by atoms with Gasteiger partial charge in [-0.1, -0.05) is 18.7 Å². The number of aliphatic carboxylic acids is 1. The van der Waals surface area contributed by atoms with Crippen molar-refractivity contribution < 1.29 is 27.8 Å².